The Morgan fingerprint density at radius 3 is 1.50 bits per heavy atom. The van der Waals surface area contributed by atoms with Crippen molar-refractivity contribution in [3.05, 3.63) is 87.5 Å². The summed E-state index contributed by atoms with van der Waals surface area (Å²) in [5.74, 6) is 0.996. The maximum atomic E-state index is 7.66. The Labute approximate surface area is 348 Å². The molecular weight excluding hydrogens is 756 g/mol. The summed E-state index contributed by atoms with van der Waals surface area (Å²) < 4.78 is 38.1. The Hall–Kier alpha value is -3.56. The van der Waals surface area contributed by atoms with Gasteiger partial charge in [-0.2, -0.15) is 0 Å². The van der Waals surface area contributed by atoms with E-state index in [0.717, 1.165) is 72.7 Å². The minimum absolute atomic E-state index is 0.0432. The van der Waals surface area contributed by atoms with E-state index in [1.165, 1.54) is 22.3 Å². The summed E-state index contributed by atoms with van der Waals surface area (Å²) in [5.41, 5.74) is 10.9. The van der Waals surface area contributed by atoms with Crippen LogP contribution in [0, 0.1) is 26.7 Å². The molecular formula is C50H67NO5P2. The molecule has 58 heavy (non-hydrogen) atoms. The zero-order valence-electron chi connectivity index (χ0n) is 38.4. The average Bonchev–Trinajstić information content (AvgIpc) is 3.36. The number of hydrogen-bond donors (Lipinski definition) is 0. The summed E-state index contributed by atoms with van der Waals surface area (Å²) >= 11 is 0. The standard InChI is InChI=1S/C50H67NO5P2/c1-28-19-34-35-20-29(2)23-39(48(9,10)11)43(35)54-57(53-42(34)38(22-28)47(6,7)8)46-31(4)25-32(5)51(17)58-55-44-37(26-33(52-18)27-40(44)49(12,13)14)36-21-30(3)24-41(45(36)56-58)50(46,15)16/h19-24,26-27,31-32,46H,25H2,1-18H3/t31-,32-,46?,58?/m1/s1. The van der Waals surface area contributed by atoms with E-state index in [1.807, 2.05) is 0 Å². The van der Waals surface area contributed by atoms with Gasteiger partial charge in [0, 0.05) is 62.3 Å². The van der Waals surface area contributed by atoms with Crippen LogP contribution < -0.4 is 9.41 Å². The maximum absolute atomic E-state index is 7.66. The van der Waals surface area contributed by atoms with Gasteiger partial charge in [0.2, 0.25) is 8.01 Å². The predicted molar refractivity (Wildman–Crippen MR) is 249 cm³/mol. The average molecular weight is 824 g/mol. The fourth-order valence-corrected chi connectivity index (χ4v) is 13.0. The molecule has 2 aromatic heterocycles. The number of fused-ring (bicyclic) bond motifs is 6. The first-order valence-electron chi connectivity index (χ1n) is 21.0. The van der Waals surface area contributed by atoms with Crippen LogP contribution in [0.4, 0.5) is 0 Å². The zero-order chi connectivity index (χ0) is 42.6. The van der Waals surface area contributed by atoms with E-state index in [4.69, 9.17) is 21.5 Å². The number of nitrogens with zero attached hydrogens (tertiary/aromatic N) is 1. The van der Waals surface area contributed by atoms with Gasteiger partial charge in [0.15, 0.2) is 0 Å². The summed E-state index contributed by atoms with van der Waals surface area (Å²) in [5, 5.41) is 4.27. The highest BCUT2D eigenvalue weighted by Crippen LogP contribution is 2.60. The van der Waals surface area contributed by atoms with Crippen molar-refractivity contribution < 1.29 is 21.5 Å². The molecule has 2 bridgehead atoms. The predicted octanol–water partition coefficient (Wildman–Crippen LogP) is 16.2. The third-order valence-electron chi connectivity index (χ3n) is 12.5. The van der Waals surface area contributed by atoms with Crippen LogP contribution in [-0.2, 0) is 21.7 Å². The van der Waals surface area contributed by atoms with Crippen LogP contribution in [0.2, 0.25) is 0 Å². The molecule has 8 heteroatoms. The van der Waals surface area contributed by atoms with Crippen molar-refractivity contribution in [1.29, 1.82) is 0 Å². The topological polar surface area (TPSA) is 65.0 Å². The van der Waals surface area contributed by atoms with E-state index in [1.54, 1.807) is 7.11 Å². The molecule has 6 nitrogen and oxygen atoms in total. The lowest BCUT2D eigenvalue weighted by Crippen LogP contribution is -2.34. The molecule has 2 unspecified atom stereocenters. The maximum Gasteiger partial charge on any atom is 0.309 e. The Morgan fingerprint density at radius 1 is 0.603 bits per heavy atom. The molecule has 7 rings (SSSR count). The molecule has 6 aromatic rings. The van der Waals surface area contributed by atoms with Gasteiger partial charge in [-0.05, 0) is 103 Å². The van der Waals surface area contributed by atoms with Gasteiger partial charge in [0.05, 0.1) is 12.8 Å². The first-order valence-corrected chi connectivity index (χ1v) is 23.4. The Morgan fingerprint density at radius 2 is 1.02 bits per heavy atom. The minimum Gasteiger partial charge on any atom is -0.497 e. The second-order valence-electron chi connectivity index (χ2n) is 21.1. The Balaban J connectivity index is 1.70. The molecule has 0 saturated heterocycles. The van der Waals surface area contributed by atoms with E-state index in [2.05, 4.69) is 171 Å². The lowest BCUT2D eigenvalue weighted by Gasteiger charge is -2.39. The number of methoxy groups -OCH3 is 1. The lowest BCUT2D eigenvalue weighted by atomic mass is 9.74. The van der Waals surface area contributed by atoms with Crippen molar-refractivity contribution in [2.24, 2.45) is 5.92 Å². The SMILES string of the molecule is COc1cc(C(C)(C)C)c2op3oc4c(cc(C)cc4c2c1)C(C)(C)C(p1oc2c(C(C)(C)C)cc(C)cc2c2cc(C)cc(C(C)(C)C)c2o1)[C@H](C)C[C@@H](C)N3C. The summed E-state index contributed by atoms with van der Waals surface area (Å²) in [6.07, 6.45) is 0.900. The summed E-state index contributed by atoms with van der Waals surface area (Å²) in [4.78, 5) is 0. The van der Waals surface area contributed by atoms with Crippen LogP contribution >= 0.6 is 16.2 Å². The van der Waals surface area contributed by atoms with Gasteiger partial charge in [0.25, 0.3) is 0 Å². The number of hydrogen-bond acceptors (Lipinski definition) is 6. The van der Waals surface area contributed by atoms with Gasteiger partial charge in [-0.1, -0.05) is 101 Å². The first kappa shape index (κ1) is 42.6. The normalized spacial score (nSPS) is 19.7. The highest BCUT2D eigenvalue weighted by molar-refractivity contribution is 7.39. The molecule has 312 valence electrons. The molecule has 0 amide bonds. The number of aryl methyl sites for hydroxylation is 3. The number of rotatable bonds is 2. The molecule has 0 spiro atoms. The first-order chi connectivity index (χ1) is 26.8. The second kappa shape index (κ2) is 14.6. The smallest absolute Gasteiger partial charge is 0.309 e. The second-order valence-corrected chi connectivity index (χ2v) is 24.0. The van der Waals surface area contributed by atoms with Gasteiger partial charge in [-0.15, -0.1) is 0 Å². The van der Waals surface area contributed by atoms with Crippen LogP contribution in [-0.4, -0.2) is 20.2 Å². The van der Waals surface area contributed by atoms with Crippen LogP contribution in [0.3, 0.4) is 0 Å². The molecule has 0 radical (unpaired) electrons. The molecule has 0 aliphatic carbocycles. The van der Waals surface area contributed by atoms with Gasteiger partial charge >= 0.3 is 8.16 Å². The zero-order valence-corrected chi connectivity index (χ0v) is 40.2. The van der Waals surface area contributed by atoms with Crippen molar-refractivity contribution in [2.45, 2.75) is 151 Å². The molecule has 3 heterocycles. The largest absolute Gasteiger partial charge is 0.497 e. The molecule has 0 fully saturated rings. The van der Waals surface area contributed by atoms with Crippen LogP contribution in [0.5, 0.6) is 5.75 Å². The molecule has 1 aliphatic heterocycles. The molecule has 1 aliphatic rings. The van der Waals surface area contributed by atoms with Crippen LogP contribution in [0.15, 0.2) is 65.3 Å². The van der Waals surface area contributed by atoms with Crippen molar-refractivity contribution in [3.63, 3.8) is 0 Å². The molecule has 4 atom stereocenters. The van der Waals surface area contributed by atoms with Gasteiger partial charge in [-0.3, -0.25) is 0 Å². The third kappa shape index (κ3) is 7.45. The van der Waals surface area contributed by atoms with Gasteiger partial charge < -0.3 is 21.5 Å². The molecule has 0 N–H and O–H groups in total. The van der Waals surface area contributed by atoms with Crippen molar-refractivity contribution in [2.75, 3.05) is 18.8 Å². The Kier molecular flexibility index (Phi) is 10.7. The van der Waals surface area contributed by atoms with Crippen molar-refractivity contribution >= 4 is 60.1 Å². The van der Waals surface area contributed by atoms with E-state index in [0.29, 0.717) is 0 Å². The highest BCUT2D eigenvalue weighted by atomic mass is 31.1. The minimum atomic E-state index is -1.59. The van der Waals surface area contributed by atoms with E-state index in [9.17, 15) is 0 Å². The number of ether oxygens (including phenoxy) is 1. The van der Waals surface area contributed by atoms with E-state index >= 15 is 0 Å². The highest BCUT2D eigenvalue weighted by Gasteiger charge is 2.44. The number of benzene rings is 4. The summed E-state index contributed by atoms with van der Waals surface area (Å²) in [7, 11) is 0.796. The quantitative estimate of drug-likeness (QED) is 0.173. The monoisotopic (exact) mass is 823 g/mol. The van der Waals surface area contributed by atoms with Crippen molar-refractivity contribution in [3.8, 4) is 5.75 Å². The third-order valence-corrected chi connectivity index (χ3v) is 16.4. The summed E-state index contributed by atoms with van der Waals surface area (Å²) in [6, 6.07) is 18.3. The summed E-state index contributed by atoms with van der Waals surface area (Å²) in [6.45, 7) is 36.6. The molecule has 0 saturated carbocycles. The van der Waals surface area contributed by atoms with E-state index < -0.39 is 21.6 Å². The van der Waals surface area contributed by atoms with Gasteiger partial charge in [-0.25, -0.2) is 4.67 Å². The van der Waals surface area contributed by atoms with Gasteiger partial charge in [0.1, 0.15) is 28.1 Å². The van der Waals surface area contributed by atoms with Crippen LogP contribution in [0.1, 0.15) is 141 Å². The van der Waals surface area contributed by atoms with E-state index in [-0.39, 0.29) is 33.9 Å². The Bertz CT molecular complexity index is 2580. The van der Waals surface area contributed by atoms with Crippen molar-refractivity contribution in [1.82, 2.24) is 0 Å². The lowest BCUT2D eigenvalue weighted by molar-refractivity contribution is 0.314. The fraction of sp³-hybridized carbons (Fsp3) is 0.520. The fourth-order valence-electron chi connectivity index (χ4n) is 9.32. The molecule has 4 aromatic carbocycles. The van der Waals surface area contributed by atoms with Crippen LogP contribution in [0.25, 0.3) is 43.9 Å².